The van der Waals surface area contributed by atoms with E-state index >= 15 is 0 Å². The molecule has 28 heavy (non-hydrogen) atoms. The van der Waals surface area contributed by atoms with Crippen molar-refractivity contribution in [1.29, 1.82) is 0 Å². The second kappa shape index (κ2) is 6.92. The molecular formula is C21H22N6O. The van der Waals surface area contributed by atoms with E-state index in [1.807, 2.05) is 46.1 Å². The number of imidazole rings is 1. The van der Waals surface area contributed by atoms with Crippen LogP contribution in [0.1, 0.15) is 36.1 Å². The number of hydrogen-bond donors (Lipinski definition) is 1. The van der Waals surface area contributed by atoms with Crippen molar-refractivity contribution >= 4 is 22.5 Å². The van der Waals surface area contributed by atoms with Crippen LogP contribution in [-0.2, 0) is 7.05 Å². The molecule has 4 aromatic rings. The highest BCUT2D eigenvalue weighted by molar-refractivity contribution is 6.04. The maximum absolute atomic E-state index is 12.5. The van der Waals surface area contributed by atoms with Crippen LogP contribution in [-0.4, -0.2) is 30.2 Å². The average molecular weight is 374 g/mol. The van der Waals surface area contributed by atoms with Gasteiger partial charge in [-0.15, -0.1) is 0 Å². The lowest BCUT2D eigenvalue weighted by Crippen LogP contribution is -2.12. The molecule has 3 heterocycles. The quantitative estimate of drug-likeness (QED) is 0.586. The first kappa shape index (κ1) is 17.9. The number of hydrogen-bond acceptors (Lipinski definition) is 4. The molecular weight excluding hydrogens is 352 g/mol. The van der Waals surface area contributed by atoms with Crippen molar-refractivity contribution in [1.82, 2.24) is 24.3 Å². The number of aromatic nitrogens is 5. The summed E-state index contributed by atoms with van der Waals surface area (Å²) in [6.45, 7) is 6.01. The second-order valence-corrected chi connectivity index (χ2v) is 7.14. The molecule has 0 aliphatic heterocycles. The molecule has 0 fully saturated rings. The van der Waals surface area contributed by atoms with Crippen LogP contribution in [0, 0.1) is 6.92 Å². The molecule has 0 spiro atoms. The smallest absolute Gasteiger partial charge is 0.260 e. The van der Waals surface area contributed by atoms with Crippen LogP contribution >= 0.6 is 0 Å². The monoisotopic (exact) mass is 374 g/mol. The van der Waals surface area contributed by atoms with E-state index < -0.39 is 0 Å². The fourth-order valence-electron chi connectivity index (χ4n) is 3.07. The zero-order chi connectivity index (χ0) is 19.8. The minimum Gasteiger partial charge on any atom is -0.331 e. The maximum atomic E-state index is 12.5. The molecule has 0 unspecified atom stereocenters. The standard InChI is InChI=1S/C21H22N6O/c1-13(2)27-12-18(10-24-27)21(28)25-20-8-17-7-15(5-6-16(17)9-23-20)19-11-22-14(3)26(19)4/h5-13H,1-4H3,(H,23,25,28). The van der Waals surface area contributed by atoms with Gasteiger partial charge in [0.05, 0.1) is 23.7 Å². The zero-order valence-electron chi connectivity index (χ0n) is 16.3. The van der Waals surface area contributed by atoms with E-state index in [1.54, 1.807) is 23.3 Å². The first-order valence-electron chi connectivity index (χ1n) is 9.16. The summed E-state index contributed by atoms with van der Waals surface area (Å²) in [5.41, 5.74) is 2.62. The van der Waals surface area contributed by atoms with Gasteiger partial charge in [0.2, 0.25) is 0 Å². The van der Waals surface area contributed by atoms with Crippen LogP contribution in [0.5, 0.6) is 0 Å². The summed E-state index contributed by atoms with van der Waals surface area (Å²) in [6, 6.07) is 8.25. The molecule has 0 saturated carbocycles. The molecule has 0 aliphatic rings. The zero-order valence-corrected chi connectivity index (χ0v) is 16.3. The summed E-state index contributed by atoms with van der Waals surface area (Å²) in [4.78, 5) is 21.2. The van der Waals surface area contributed by atoms with Gasteiger partial charge < -0.3 is 9.88 Å². The van der Waals surface area contributed by atoms with Gasteiger partial charge in [0, 0.05) is 36.4 Å². The number of aryl methyl sites for hydroxylation is 1. The number of anilines is 1. The normalized spacial score (nSPS) is 11.3. The van der Waals surface area contributed by atoms with Gasteiger partial charge in [-0.25, -0.2) is 9.97 Å². The van der Waals surface area contributed by atoms with Gasteiger partial charge in [-0.05, 0) is 38.3 Å². The Hall–Kier alpha value is -3.48. The summed E-state index contributed by atoms with van der Waals surface area (Å²) >= 11 is 0. The number of rotatable bonds is 4. The van der Waals surface area contributed by atoms with Crippen molar-refractivity contribution in [3.8, 4) is 11.3 Å². The minimum absolute atomic E-state index is 0.203. The Morgan fingerprint density at radius 1 is 1.07 bits per heavy atom. The first-order chi connectivity index (χ1) is 13.4. The second-order valence-electron chi connectivity index (χ2n) is 7.14. The van der Waals surface area contributed by atoms with Crippen LogP contribution < -0.4 is 5.32 Å². The van der Waals surface area contributed by atoms with Crippen molar-refractivity contribution < 1.29 is 4.79 Å². The van der Waals surface area contributed by atoms with Crippen molar-refractivity contribution in [3.63, 3.8) is 0 Å². The Kier molecular flexibility index (Phi) is 4.43. The Bertz CT molecular complexity index is 1170. The van der Waals surface area contributed by atoms with Crippen LogP contribution in [0.2, 0.25) is 0 Å². The van der Waals surface area contributed by atoms with Gasteiger partial charge in [0.1, 0.15) is 11.6 Å². The van der Waals surface area contributed by atoms with E-state index in [0.717, 1.165) is 27.9 Å². The molecule has 1 N–H and O–H groups in total. The highest BCUT2D eigenvalue weighted by atomic mass is 16.1. The predicted octanol–water partition coefficient (Wildman–Crippen LogP) is 3.97. The Morgan fingerprint density at radius 2 is 1.89 bits per heavy atom. The molecule has 4 rings (SSSR count). The first-order valence-corrected chi connectivity index (χ1v) is 9.16. The Labute approximate surface area is 163 Å². The molecule has 1 aromatic carbocycles. The van der Waals surface area contributed by atoms with Gasteiger partial charge in [-0.3, -0.25) is 9.48 Å². The van der Waals surface area contributed by atoms with E-state index in [1.165, 1.54) is 0 Å². The largest absolute Gasteiger partial charge is 0.331 e. The van der Waals surface area contributed by atoms with Crippen LogP contribution in [0.25, 0.3) is 22.0 Å². The van der Waals surface area contributed by atoms with Crippen LogP contribution in [0.15, 0.2) is 49.1 Å². The third-order valence-corrected chi connectivity index (χ3v) is 4.87. The lowest BCUT2D eigenvalue weighted by molar-refractivity contribution is 0.102. The highest BCUT2D eigenvalue weighted by Gasteiger charge is 2.12. The molecule has 1 amide bonds. The molecule has 7 nitrogen and oxygen atoms in total. The van der Waals surface area contributed by atoms with Gasteiger partial charge in [-0.1, -0.05) is 12.1 Å². The lowest BCUT2D eigenvalue weighted by atomic mass is 10.1. The van der Waals surface area contributed by atoms with Crippen molar-refractivity contribution in [2.24, 2.45) is 7.05 Å². The topological polar surface area (TPSA) is 77.6 Å². The molecule has 142 valence electrons. The van der Waals surface area contributed by atoms with Crippen molar-refractivity contribution in [2.75, 3.05) is 5.32 Å². The molecule has 0 atom stereocenters. The van der Waals surface area contributed by atoms with Gasteiger partial charge in [-0.2, -0.15) is 5.10 Å². The van der Waals surface area contributed by atoms with E-state index in [9.17, 15) is 4.79 Å². The third kappa shape index (κ3) is 3.26. The number of benzene rings is 1. The Morgan fingerprint density at radius 3 is 2.57 bits per heavy atom. The van der Waals surface area contributed by atoms with Gasteiger partial charge >= 0.3 is 0 Å². The van der Waals surface area contributed by atoms with Crippen LogP contribution in [0.3, 0.4) is 0 Å². The lowest BCUT2D eigenvalue weighted by Gasteiger charge is -2.08. The van der Waals surface area contributed by atoms with Crippen LogP contribution in [0.4, 0.5) is 5.82 Å². The number of amides is 1. The number of nitrogens with zero attached hydrogens (tertiary/aromatic N) is 5. The molecule has 0 radical (unpaired) electrons. The molecule has 7 heteroatoms. The minimum atomic E-state index is -0.225. The van der Waals surface area contributed by atoms with E-state index in [0.29, 0.717) is 11.4 Å². The number of carbonyl (C=O) groups is 1. The number of fused-ring (bicyclic) bond motifs is 1. The number of pyridine rings is 1. The van der Waals surface area contributed by atoms with E-state index in [2.05, 4.69) is 37.1 Å². The predicted molar refractivity (Wildman–Crippen MR) is 109 cm³/mol. The Balaban J connectivity index is 1.62. The van der Waals surface area contributed by atoms with E-state index in [-0.39, 0.29) is 11.9 Å². The summed E-state index contributed by atoms with van der Waals surface area (Å²) in [7, 11) is 2.00. The molecule has 0 saturated heterocycles. The summed E-state index contributed by atoms with van der Waals surface area (Å²) in [5.74, 6) is 1.24. The number of nitrogens with one attached hydrogen (secondary N) is 1. The fraction of sp³-hybridized carbons (Fsp3) is 0.238. The summed E-state index contributed by atoms with van der Waals surface area (Å²) < 4.78 is 3.81. The van der Waals surface area contributed by atoms with Crippen molar-refractivity contribution in [2.45, 2.75) is 26.8 Å². The van der Waals surface area contributed by atoms with Crippen molar-refractivity contribution in [3.05, 3.63) is 60.4 Å². The van der Waals surface area contributed by atoms with Gasteiger partial charge in [0.15, 0.2) is 0 Å². The van der Waals surface area contributed by atoms with E-state index in [4.69, 9.17) is 0 Å². The third-order valence-electron chi connectivity index (χ3n) is 4.87. The fourth-order valence-corrected chi connectivity index (χ4v) is 3.07. The maximum Gasteiger partial charge on any atom is 0.260 e. The molecule has 0 aliphatic carbocycles. The molecule has 0 bridgehead atoms. The average Bonchev–Trinajstić information content (AvgIpc) is 3.29. The molecule has 3 aromatic heterocycles. The summed E-state index contributed by atoms with van der Waals surface area (Å²) in [5, 5.41) is 9.07. The SMILES string of the molecule is Cc1ncc(-c2ccc3cnc(NC(=O)c4cnn(C(C)C)c4)cc3c2)n1C. The van der Waals surface area contributed by atoms with Gasteiger partial charge in [0.25, 0.3) is 5.91 Å². The number of carbonyl (C=O) groups excluding carboxylic acids is 1. The highest BCUT2D eigenvalue weighted by Crippen LogP contribution is 2.26. The summed E-state index contributed by atoms with van der Waals surface area (Å²) in [6.07, 6.45) is 6.94.